The molecule has 154 valence electrons. The van der Waals surface area contributed by atoms with Crippen molar-refractivity contribution >= 4 is 32.6 Å². The van der Waals surface area contributed by atoms with E-state index in [1.54, 1.807) is 13.3 Å². The van der Waals surface area contributed by atoms with E-state index < -0.39 is 11.4 Å². The van der Waals surface area contributed by atoms with E-state index in [1.165, 1.54) is 17.4 Å². The van der Waals surface area contributed by atoms with Crippen LogP contribution >= 0.6 is 11.3 Å². The molecule has 6 nitrogen and oxygen atoms in total. The van der Waals surface area contributed by atoms with Crippen LogP contribution in [0, 0.1) is 12.7 Å². The zero-order valence-electron chi connectivity index (χ0n) is 16.8. The van der Waals surface area contributed by atoms with Crippen LogP contribution in [0.5, 0.6) is 11.6 Å². The highest BCUT2D eigenvalue weighted by atomic mass is 32.1. The second-order valence-corrected chi connectivity index (χ2v) is 8.60. The molecule has 30 heavy (non-hydrogen) atoms. The van der Waals surface area contributed by atoms with Crippen molar-refractivity contribution in [3.05, 3.63) is 41.3 Å². The SMILES string of the molecule is CC[C@@]1(CO)Cc2c(c(F)cc3nc(-c4cc(C)cc5nc(OC)cnc45)sc23)O1. The summed E-state index contributed by atoms with van der Waals surface area (Å²) in [5.41, 5.74) is 3.87. The van der Waals surface area contributed by atoms with Crippen molar-refractivity contribution in [1.29, 1.82) is 0 Å². The number of thiazole rings is 1. The van der Waals surface area contributed by atoms with Crippen LogP contribution in [-0.2, 0) is 6.42 Å². The third kappa shape index (κ3) is 2.82. The van der Waals surface area contributed by atoms with Gasteiger partial charge in [0.05, 0.1) is 41.2 Å². The summed E-state index contributed by atoms with van der Waals surface area (Å²) >= 11 is 1.48. The summed E-state index contributed by atoms with van der Waals surface area (Å²) in [7, 11) is 1.56. The molecule has 0 aliphatic carbocycles. The number of hydrogen-bond acceptors (Lipinski definition) is 7. The quantitative estimate of drug-likeness (QED) is 0.521. The number of aliphatic hydroxyl groups is 1. The summed E-state index contributed by atoms with van der Waals surface area (Å²) in [6.45, 7) is 3.76. The maximum Gasteiger partial charge on any atom is 0.232 e. The fraction of sp³-hybridized carbons (Fsp3) is 0.318. The minimum atomic E-state index is -0.778. The van der Waals surface area contributed by atoms with Gasteiger partial charge in [-0.3, -0.25) is 0 Å². The average molecular weight is 425 g/mol. The maximum atomic E-state index is 14.8. The number of aliphatic hydroxyl groups excluding tert-OH is 1. The lowest BCUT2D eigenvalue weighted by molar-refractivity contribution is 0.0226. The number of aromatic nitrogens is 3. The van der Waals surface area contributed by atoms with Gasteiger partial charge in [0.1, 0.15) is 10.6 Å². The highest BCUT2D eigenvalue weighted by Crippen LogP contribution is 2.46. The average Bonchev–Trinajstić information content (AvgIpc) is 3.35. The number of rotatable bonds is 4. The number of methoxy groups -OCH3 is 1. The molecule has 0 fully saturated rings. The van der Waals surface area contributed by atoms with Crippen LogP contribution in [0.25, 0.3) is 31.8 Å². The van der Waals surface area contributed by atoms with Gasteiger partial charge < -0.3 is 14.6 Å². The van der Waals surface area contributed by atoms with Crippen LogP contribution in [0.15, 0.2) is 24.4 Å². The summed E-state index contributed by atoms with van der Waals surface area (Å²) in [5.74, 6) is 0.226. The Labute approximate surface area is 176 Å². The van der Waals surface area contributed by atoms with Crippen LogP contribution in [0.4, 0.5) is 4.39 Å². The molecule has 0 bridgehead atoms. The van der Waals surface area contributed by atoms with Crippen molar-refractivity contribution < 1.29 is 19.0 Å². The number of benzene rings is 2. The first-order valence-electron chi connectivity index (χ1n) is 9.70. The molecule has 1 aliphatic heterocycles. The van der Waals surface area contributed by atoms with Crippen molar-refractivity contribution in [1.82, 2.24) is 15.0 Å². The van der Waals surface area contributed by atoms with Gasteiger partial charge in [-0.05, 0) is 31.0 Å². The van der Waals surface area contributed by atoms with Crippen LogP contribution in [0.1, 0.15) is 24.5 Å². The van der Waals surface area contributed by atoms with Crippen molar-refractivity contribution in [3.63, 3.8) is 0 Å². The summed E-state index contributed by atoms with van der Waals surface area (Å²) in [6, 6.07) is 5.37. The lowest BCUT2D eigenvalue weighted by atomic mass is 9.95. The Hall–Kier alpha value is -2.84. The molecule has 4 aromatic rings. The van der Waals surface area contributed by atoms with Gasteiger partial charge >= 0.3 is 0 Å². The minimum Gasteiger partial charge on any atom is -0.481 e. The van der Waals surface area contributed by atoms with E-state index >= 15 is 0 Å². The maximum absolute atomic E-state index is 14.8. The molecule has 0 saturated heterocycles. The molecule has 0 radical (unpaired) electrons. The topological polar surface area (TPSA) is 77.4 Å². The van der Waals surface area contributed by atoms with E-state index in [1.807, 2.05) is 26.0 Å². The third-order valence-corrected chi connectivity index (χ3v) is 6.80. The summed E-state index contributed by atoms with van der Waals surface area (Å²) in [4.78, 5) is 13.7. The Balaban J connectivity index is 1.71. The van der Waals surface area contributed by atoms with E-state index in [9.17, 15) is 9.50 Å². The lowest BCUT2D eigenvalue weighted by Gasteiger charge is -2.24. The van der Waals surface area contributed by atoms with Gasteiger partial charge in [-0.2, -0.15) is 0 Å². The Morgan fingerprint density at radius 1 is 1.27 bits per heavy atom. The Morgan fingerprint density at radius 2 is 2.10 bits per heavy atom. The number of halogens is 1. The predicted octanol–water partition coefficient (Wildman–Crippen LogP) is 4.44. The Morgan fingerprint density at radius 3 is 2.83 bits per heavy atom. The monoisotopic (exact) mass is 425 g/mol. The molecule has 1 N–H and O–H groups in total. The summed E-state index contributed by atoms with van der Waals surface area (Å²) < 4.78 is 26.7. The van der Waals surface area contributed by atoms with E-state index in [4.69, 9.17) is 14.5 Å². The summed E-state index contributed by atoms with van der Waals surface area (Å²) in [6.07, 6.45) is 2.62. The number of hydrogen-bond donors (Lipinski definition) is 1. The molecule has 1 aliphatic rings. The van der Waals surface area contributed by atoms with Gasteiger partial charge in [-0.1, -0.05) is 6.92 Å². The molecule has 2 aromatic heterocycles. The second kappa shape index (κ2) is 6.85. The highest BCUT2D eigenvalue weighted by Gasteiger charge is 2.40. The number of fused-ring (bicyclic) bond motifs is 4. The predicted molar refractivity (Wildman–Crippen MR) is 114 cm³/mol. The molecule has 2 aromatic carbocycles. The van der Waals surface area contributed by atoms with E-state index in [0.29, 0.717) is 35.3 Å². The van der Waals surface area contributed by atoms with E-state index in [2.05, 4.69) is 9.97 Å². The van der Waals surface area contributed by atoms with Gasteiger partial charge in [-0.25, -0.2) is 19.3 Å². The molecule has 1 atom stereocenters. The number of ether oxygens (including phenoxy) is 2. The second-order valence-electron chi connectivity index (χ2n) is 7.60. The van der Waals surface area contributed by atoms with E-state index in [0.717, 1.165) is 26.4 Å². The van der Waals surface area contributed by atoms with Gasteiger partial charge in [0.25, 0.3) is 0 Å². The van der Waals surface area contributed by atoms with Crippen LogP contribution < -0.4 is 9.47 Å². The van der Waals surface area contributed by atoms with Crippen molar-refractivity contribution in [2.24, 2.45) is 0 Å². The standard InChI is InChI=1S/C22H20FN3O3S/c1-4-22(10-27)8-13-19(29-22)14(23)7-16-20(13)30-21(26-16)12-5-11(2)6-15-18(12)24-9-17(25-15)28-3/h5-7,9,27H,4,8,10H2,1-3H3/t22-/m0/s1. The fourth-order valence-electron chi connectivity index (χ4n) is 3.95. The molecular formula is C22H20FN3O3S. The van der Waals surface area contributed by atoms with Crippen LogP contribution in [-0.4, -0.2) is 39.4 Å². The number of nitrogens with zero attached hydrogens (tertiary/aromatic N) is 3. The van der Waals surface area contributed by atoms with Gasteiger partial charge in [-0.15, -0.1) is 11.3 Å². The largest absolute Gasteiger partial charge is 0.481 e. The Bertz CT molecular complexity index is 1300. The first kappa shape index (κ1) is 19.1. The van der Waals surface area contributed by atoms with Crippen molar-refractivity contribution in [3.8, 4) is 22.2 Å². The smallest absolute Gasteiger partial charge is 0.232 e. The molecule has 0 saturated carbocycles. The Kier molecular flexibility index (Phi) is 4.37. The van der Waals surface area contributed by atoms with Gasteiger partial charge in [0.15, 0.2) is 11.6 Å². The zero-order valence-corrected chi connectivity index (χ0v) is 17.6. The molecule has 8 heteroatoms. The molecule has 0 unspecified atom stereocenters. The van der Waals surface area contributed by atoms with Crippen LogP contribution in [0.3, 0.4) is 0 Å². The molecular weight excluding hydrogens is 405 g/mol. The first-order chi connectivity index (χ1) is 14.5. The molecule has 5 rings (SSSR count). The summed E-state index contributed by atoms with van der Waals surface area (Å²) in [5, 5.41) is 10.6. The van der Waals surface area contributed by atoms with Crippen LogP contribution in [0.2, 0.25) is 0 Å². The fourth-order valence-corrected chi connectivity index (χ4v) is 5.05. The van der Waals surface area contributed by atoms with Crippen molar-refractivity contribution in [2.45, 2.75) is 32.3 Å². The molecule has 3 heterocycles. The normalized spacial score (nSPS) is 18.0. The highest BCUT2D eigenvalue weighted by molar-refractivity contribution is 7.22. The van der Waals surface area contributed by atoms with Crippen molar-refractivity contribution in [2.75, 3.05) is 13.7 Å². The molecule has 0 spiro atoms. The lowest BCUT2D eigenvalue weighted by Crippen LogP contribution is -2.37. The van der Waals surface area contributed by atoms with Gasteiger partial charge in [0, 0.05) is 23.6 Å². The van der Waals surface area contributed by atoms with Gasteiger partial charge in [0.2, 0.25) is 5.88 Å². The first-order valence-corrected chi connectivity index (χ1v) is 10.5. The zero-order chi connectivity index (χ0) is 21.0. The number of aryl methyl sites for hydroxylation is 1. The van der Waals surface area contributed by atoms with E-state index in [-0.39, 0.29) is 12.4 Å². The molecule has 0 amide bonds. The third-order valence-electron chi connectivity index (χ3n) is 5.64. The minimum absolute atomic E-state index is 0.162.